The van der Waals surface area contributed by atoms with Gasteiger partial charge in [-0.1, -0.05) is 11.6 Å². The maximum atomic E-state index is 12.4. The third-order valence-corrected chi connectivity index (χ3v) is 6.28. The molecule has 2 aliphatic heterocycles. The van der Waals surface area contributed by atoms with Gasteiger partial charge in [0.05, 0.1) is 41.7 Å². The maximum Gasteiger partial charge on any atom is 0.410 e. The number of hydrogen-bond donors (Lipinski definition) is 0. The second kappa shape index (κ2) is 9.08. The summed E-state index contributed by atoms with van der Waals surface area (Å²) < 4.78 is 19.3. The summed E-state index contributed by atoms with van der Waals surface area (Å²) in [7, 11) is 0. The highest BCUT2D eigenvalue weighted by Gasteiger charge is 2.44. The Hall–Kier alpha value is -3.42. The molecule has 2 fully saturated rings. The van der Waals surface area contributed by atoms with Gasteiger partial charge in [-0.05, 0) is 32.0 Å². The molecule has 2 atom stereocenters. The third kappa shape index (κ3) is 4.13. The Kier molecular flexibility index (Phi) is 5.98. The molecular weight excluding hydrogens is 460 g/mol. The number of carbonyl (C=O) groups is 1. The lowest BCUT2D eigenvalue weighted by Crippen LogP contribution is -2.58. The summed E-state index contributed by atoms with van der Waals surface area (Å²) in [5.41, 5.74) is 2.16. The average molecular weight is 483 g/mol. The Bertz CT molecular complexity index is 1260. The van der Waals surface area contributed by atoms with Crippen LogP contribution in [0.1, 0.15) is 19.4 Å². The molecule has 0 radical (unpaired) electrons. The summed E-state index contributed by atoms with van der Waals surface area (Å²) in [5, 5.41) is 9.51. The minimum atomic E-state index is -0.312. The number of nitriles is 1. The topological polar surface area (TPSA) is 115 Å². The third-order valence-electron chi connectivity index (χ3n) is 5.98. The van der Waals surface area contributed by atoms with Crippen LogP contribution in [0.25, 0.3) is 16.9 Å². The smallest absolute Gasteiger partial charge is 0.410 e. The predicted molar refractivity (Wildman–Crippen MR) is 122 cm³/mol. The lowest BCUT2D eigenvalue weighted by molar-refractivity contribution is -0.110. The molecule has 2 saturated heterocycles. The number of halogens is 1. The van der Waals surface area contributed by atoms with Crippen LogP contribution < -0.4 is 4.74 Å². The molecular formula is C23H23ClN6O4. The van der Waals surface area contributed by atoms with Crippen molar-refractivity contribution in [2.75, 3.05) is 26.3 Å². The first-order valence-corrected chi connectivity index (χ1v) is 11.4. The number of benzene rings is 1. The number of likely N-dealkylation sites (tertiary alicyclic amines) is 1. The van der Waals surface area contributed by atoms with E-state index in [1.54, 1.807) is 34.0 Å². The van der Waals surface area contributed by atoms with Crippen LogP contribution in [0.3, 0.4) is 0 Å². The van der Waals surface area contributed by atoms with E-state index in [4.69, 9.17) is 31.1 Å². The van der Waals surface area contributed by atoms with Crippen molar-refractivity contribution >= 4 is 28.9 Å². The summed E-state index contributed by atoms with van der Waals surface area (Å²) >= 11 is 6.40. The lowest BCUT2D eigenvalue weighted by Gasteiger charge is -2.45. The van der Waals surface area contributed by atoms with E-state index in [9.17, 15) is 4.79 Å². The van der Waals surface area contributed by atoms with Gasteiger partial charge in [0.2, 0.25) is 5.88 Å². The number of nitrogens with zero attached hydrogens (tertiary/aromatic N) is 6. The summed E-state index contributed by atoms with van der Waals surface area (Å²) in [6, 6.07) is 7.10. The number of hydrogen-bond acceptors (Lipinski definition) is 8. The number of ether oxygens (including phenoxy) is 3. The van der Waals surface area contributed by atoms with E-state index in [0.29, 0.717) is 59.6 Å². The number of aromatic nitrogens is 4. The van der Waals surface area contributed by atoms with Crippen LogP contribution in [0.5, 0.6) is 5.88 Å². The van der Waals surface area contributed by atoms with E-state index in [1.165, 1.54) is 6.33 Å². The number of piperidine rings is 1. The largest absolute Gasteiger partial charge is 0.472 e. The normalized spacial score (nSPS) is 22.0. The van der Waals surface area contributed by atoms with Gasteiger partial charge in [0.1, 0.15) is 18.8 Å². The zero-order valence-corrected chi connectivity index (χ0v) is 19.5. The molecule has 1 aromatic carbocycles. The number of rotatable bonds is 4. The van der Waals surface area contributed by atoms with Gasteiger partial charge >= 0.3 is 6.09 Å². The van der Waals surface area contributed by atoms with Crippen LogP contribution in [0.4, 0.5) is 4.79 Å². The second-order valence-corrected chi connectivity index (χ2v) is 9.13. The molecule has 2 aliphatic rings. The van der Waals surface area contributed by atoms with Crippen molar-refractivity contribution in [1.82, 2.24) is 24.4 Å². The van der Waals surface area contributed by atoms with Crippen molar-refractivity contribution in [2.45, 2.75) is 26.1 Å². The number of carbonyl (C=O) groups excluding carboxylic acids is 1. The van der Waals surface area contributed by atoms with Crippen molar-refractivity contribution in [3.63, 3.8) is 0 Å². The first-order valence-electron chi connectivity index (χ1n) is 11.0. The predicted octanol–water partition coefficient (Wildman–Crippen LogP) is 3.21. The van der Waals surface area contributed by atoms with E-state index in [1.807, 2.05) is 13.8 Å². The zero-order chi connectivity index (χ0) is 23.8. The molecule has 0 spiro atoms. The van der Waals surface area contributed by atoms with Crippen LogP contribution in [-0.4, -0.2) is 69.0 Å². The summed E-state index contributed by atoms with van der Waals surface area (Å²) in [6.07, 6.45) is 2.36. The first kappa shape index (κ1) is 22.4. The number of imidazole rings is 1. The molecule has 1 amide bonds. The fourth-order valence-electron chi connectivity index (χ4n) is 4.49. The summed E-state index contributed by atoms with van der Waals surface area (Å²) in [5.74, 6) is 0.327. The minimum Gasteiger partial charge on any atom is -0.472 e. The highest BCUT2D eigenvalue weighted by molar-refractivity contribution is 6.32. The van der Waals surface area contributed by atoms with Gasteiger partial charge < -0.3 is 19.1 Å². The zero-order valence-electron chi connectivity index (χ0n) is 18.7. The van der Waals surface area contributed by atoms with Crippen LogP contribution in [-0.2, 0) is 9.47 Å². The highest BCUT2D eigenvalue weighted by Crippen LogP contribution is 2.34. The van der Waals surface area contributed by atoms with Gasteiger partial charge in [0.15, 0.2) is 11.2 Å². The molecule has 3 aromatic rings. The molecule has 34 heavy (non-hydrogen) atoms. The van der Waals surface area contributed by atoms with Crippen molar-refractivity contribution in [2.24, 2.45) is 11.8 Å². The van der Waals surface area contributed by atoms with Crippen LogP contribution >= 0.6 is 11.6 Å². The number of amides is 1. The van der Waals surface area contributed by atoms with E-state index in [2.05, 4.69) is 21.0 Å². The van der Waals surface area contributed by atoms with Crippen molar-refractivity contribution in [3.05, 3.63) is 41.4 Å². The van der Waals surface area contributed by atoms with Gasteiger partial charge in [0, 0.05) is 24.9 Å². The fourth-order valence-corrected chi connectivity index (χ4v) is 4.77. The van der Waals surface area contributed by atoms with Gasteiger partial charge in [0.25, 0.3) is 0 Å². The van der Waals surface area contributed by atoms with Gasteiger partial charge in [-0.3, -0.25) is 4.57 Å². The fraction of sp³-hybridized carbons (Fsp3) is 0.435. The molecule has 0 N–H and O–H groups in total. The highest BCUT2D eigenvalue weighted by atomic mass is 35.5. The molecule has 10 nitrogen and oxygen atoms in total. The Morgan fingerprint density at radius 2 is 2.00 bits per heavy atom. The molecule has 5 rings (SSSR count). The lowest BCUT2D eigenvalue weighted by atomic mass is 9.84. The van der Waals surface area contributed by atoms with Crippen LogP contribution in [0, 0.1) is 23.2 Å². The number of fused-ring (bicyclic) bond motifs is 3. The second-order valence-electron chi connectivity index (χ2n) is 8.72. The SMILES string of the molecule is CC(C)OC(=O)N1CC2COCC(C1)C2Oc1ncnc2c1ncn2-c1ccc(C#N)cc1Cl. The minimum absolute atomic E-state index is 0.0210. The Labute approximate surface area is 201 Å². The van der Waals surface area contributed by atoms with Gasteiger partial charge in [-0.25, -0.2) is 14.8 Å². The van der Waals surface area contributed by atoms with E-state index in [-0.39, 0.29) is 30.1 Å². The van der Waals surface area contributed by atoms with E-state index in [0.717, 1.165) is 0 Å². The Morgan fingerprint density at radius 3 is 2.68 bits per heavy atom. The van der Waals surface area contributed by atoms with E-state index >= 15 is 0 Å². The molecule has 2 aromatic heterocycles. The molecule has 2 unspecified atom stereocenters. The monoisotopic (exact) mass is 482 g/mol. The molecule has 11 heteroatoms. The standard InChI is InChI=1S/C23H23ClN6O4/c1-13(2)33-23(31)29-7-15-9-32-10-16(8-29)20(15)34-22-19-21(26-11-27-22)30(12-28-19)18-4-3-14(6-25)5-17(18)24/h3-5,11-13,15-16,20H,7-10H2,1-2H3. The molecule has 4 heterocycles. The first-order chi connectivity index (χ1) is 16.4. The average Bonchev–Trinajstić information content (AvgIpc) is 3.23. The van der Waals surface area contributed by atoms with Gasteiger partial charge in [-0.2, -0.15) is 10.2 Å². The van der Waals surface area contributed by atoms with Crippen LogP contribution in [0.15, 0.2) is 30.9 Å². The van der Waals surface area contributed by atoms with E-state index < -0.39 is 0 Å². The van der Waals surface area contributed by atoms with Gasteiger partial charge in [-0.15, -0.1) is 0 Å². The van der Waals surface area contributed by atoms with Crippen molar-refractivity contribution in [3.8, 4) is 17.6 Å². The Morgan fingerprint density at radius 1 is 1.24 bits per heavy atom. The molecule has 0 aliphatic carbocycles. The van der Waals surface area contributed by atoms with Crippen molar-refractivity contribution in [1.29, 1.82) is 5.26 Å². The molecule has 176 valence electrons. The molecule has 2 bridgehead atoms. The van der Waals surface area contributed by atoms with Crippen LogP contribution in [0.2, 0.25) is 5.02 Å². The van der Waals surface area contributed by atoms with Crippen molar-refractivity contribution < 1.29 is 19.0 Å². The summed E-state index contributed by atoms with van der Waals surface area (Å²) in [6.45, 7) is 5.60. The summed E-state index contributed by atoms with van der Waals surface area (Å²) in [4.78, 5) is 27.4. The quantitative estimate of drug-likeness (QED) is 0.556. The maximum absolute atomic E-state index is 12.4. The molecule has 0 saturated carbocycles. The Balaban J connectivity index is 1.41.